The van der Waals surface area contributed by atoms with Gasteiger partial charge in [-0.05, 0) is 24.6 Å². The van der Waals surface area contributed by atoms with Crippen LogP contribution in [-0.4, -0.2) is 57.4 Å². The van der Waals surface area contributed by atoms with E-state index in [2.05, 4.69) is 5.32 Å². The van der Waals surface area contributed by atoms with Crippen molar-refractivity contribution in [2.45, 2.75) is 28.3 Å². The molecular weight excluding hydrogens is 354 g/mol. The van der Waals surface area contributed by atoms with Gasteiger partial charge in [-0.3, -0.25) is 4.79 Å². The number of anilines is 1. The van der Waals surface area contributed by atoms with Crippen molar-refractivity contribution in [1.82, 2.24) is 0 Å². The molecule has 0 saturated heterocycles. The Balaban J connectivity index is 2.35. The van der Waals surface area contributed by atoms with Crippen molar-refractivity contribution in [1.29, 1.82) is 0 Å². The van der Waals surface area contributed by atoms with Crippen LogP contribution in [0.4, 0.5) is 5.69 Å². The molecule has 0 aliphatic carbocycles. The van der Waals surface area contributed by atoms with Gasteiger partial charge in [-0.2, -0.15) is 0 Å². The topological polar surface area (TPSA) is 159 Å². The van der Waals surface area contributed by atoms with Crippen molar-refractivity contribution in [3.63, 3.8) is 0 Å². The molecule has 0 spiro atoms. The summed E-state index contributed by atoms with van der Waals surface area (Å²) in [4.78, 5) is 23.3. The van der Waals surface area contributed by atoms with Gasteiger partial charge in [0.05, 0.1) is 10.6 Å². The highest BCUT2D eigenvalue weighted by Crippen LogP contribution is 2.46. The van der Waals surface area contributed by atoms with Crippen LogP contribution in [0.15, 0.2) is 15.9 Å². The fraction of sp³-hybridized carbons (Fsp3) is 0.429. The summed E-state index contributed by atoms with van der Waals surface area (Å²) in [5, 5.41) is 31.4. The molecule has 0 aromatic heterocycles. The summed E-state index contributed by atoms with van der Waals surface area (Å²) < 4.78 is 0. The van der Waals surface area contributed by atoms with Crippen molar-refractivity contribution in [2.24, 2.45) is 11.5 Å². The molecule has 1 unspecified atom stereocenters. The van der Waals surface area contributed by atoms with Crippen LogP contribution in [0.1, 0.15) is 5.56 Å². The summed E-state index contributed by atoms with van der Waals surface area (Å²) in [5.41, 5.74) is 12.3. The number of benzene rings is 1. The van der Waals surface area contributed by atoms with Crippen molar-refractivity contribution < 1.29 is 24.9 Å². The number of thioether (sulfide) groups is 2. The fourth-order valence-corrected chi connectivity index (χ4v) is 4.37. The summed E-state index contributed by atoms with van der Waals surface area (Å²) in [7, 11) is 0. The predicted octanol–water partition coefficient (Wildman–Crippen LogP) is 0.368. The Hall–Kier alpha value is -1.62. The van der Waals surface area contributed by atoms with Gasteiger partial charge in [0.2, 0.25) is 0 Å². The maximum absolute atomic E-state index is 11.2. The summed E-state index contributed by atoms with van der Waals surface area (Å²) in [6, 6.07) is -0.00938. The minimum atomic E-state index is -1.13. The lowest BCUT2D eigenvalue weighted by Crippen LogP contribution is -2.34. The molecule has 10 heteroatoms. The van der Waals surface area contributed by atoms with Crippen LogP contribution in [-0.2, 0) is 16.0 Å². The van der Waals surface area contributed by atoms with E-state index in [0.29, 0.717) is 29.3 Å². The molecule has 8 nitrogen and oxygen atoms in total. The Labute approximate surface area is 147 Å². The Kier molecular flexibility index (Phi) is 6.21. The SMILES string of the molecule is NCCc1cc2c(c(O)c1SC[C@H](N)C(=O)O)NC(C(=O)O)CS2. The van der Waals surface area contributed by atoms with Crippen LogP contribution in [0, 0.1) is 0 Å². The zero-order valence-corrected chi connectivity index (χ0v) is 14.3. The number of nitrogens with two attached hydrogens (primary N) is 2. The van der Waals surface area contributed by atoms with Gasteiger partial charge in [-0.15, -0.1) is 23.5 Å². The fourth-order valence-electron chi connectivity index (χ4n) is 2.20. The maximum atomic E-state index is 11.2. The average molecular weight is 373 g/mol. The molecule has 1 aliphatic rings. The number of hydrogen-bond donors (Lipinski definition) is 6. The van der Waals surface area contributed by atoms with E-state index in [1.54, 1.807) is 0 Å². The highest BCUT2D eigenvalue weighted by atomic mass is 32.2. The van der Waals surface area contributed by atoms with Gasteiger partial charge in [0.25, 0.3) is 0 Å². The smallest absolute Gasteiger partial charge is 0.327 e. The molecule has 0 bridgehead atoms. The third kappa shape index (κ3) is 4.07. The van der Waals surface area contributed by atoms with Crippen LogP contribution in [0.25, 0.3) is 0 Å². The number of phenolic OH excluding ortho intramolecular Hbond substituents is 1. The van der Waals surface area contributed by atoms with Gasteiger partial charge >= 0.3 is 11.9 Å². The van der Waals surface area contributed by atoms with Gasteiger partial charge in [0.15, 0.2) is 5.75 Å². The molecule has 1 aliphatic heterocycles. The summed E-state index contributed by atoms with van der Waals surface area (Å²) in [6.45, 7) is 0.368. The Bertz CT molecular complexity index is 656. The molecule has 1 heterocycles. The number of hydrogen-bond acceptors (Lipinski definition) is 8. The highest BCUT2D eigenvalue weighted by Gasteiger charge is 2.29. The highest BCUT2D eigenvalue weighted by molar-refractivity contribution is 8.00. The molecule has 0 saturated carbocycles. The van der Waals surface area contributed by atoms with Crippen molar-refractivity contribution in [2.75, 3.05) is 23.4 Å². The third-order valence-corrected chi connectivity index (χ3v) is 5.86. The monoisotopic (exact) mass is 373 g/mol. The molecule has 0 fully saturated rings. The first kappa shape index (κ1) is 18.7. The number of aliphatic carboxylic acids is 2. The molecule has 2 rings (SSSR count). The lowest BCUT2D eigenvalue weighted by atomic mass is 10.1. The number of carboxylic acids is 2. The van der Waals surface area contributed by atoms with Gasteiger partial charge in [-0.25, -0.2) is 4.79 Å². The van der Waals surface area contributed by atoms with Gasteiger partial charge in [0, 0.05) is 16.4 Å². The first-order valence-electron chi connectivity index (χ1n) is 7.17. The van der Waals surface area contributed by atoms with Crippen LogP contribution >= 0.6 is 23.5 Å². The first-order chi connectivity index (χ1) is 11.3. The van der Waals surface area contributed by atoms with Crippen LogP contribution in [0.2, 0.25) is 0 Å². The van der Waals surface area contributed by atoms with Gasteiger partial charge in [-0.1, -0.05) is 0 Å². The van der Waals surface area contributed by atoms with E-state index in [1.807, 2.05) is 6.07 Å². The lowest BCUT2D eigenvalue weighted by molar-refractivity contribution is -0.138. The minimum Gasteiger partial charge on any atom is -0.505 e. The number of aromatic hydroxyl groups is 1. The van der Waals surface area contributed by atoms with Gasteiger partial charge in [0.1, 0.15) is 12.1 Å². The number of phenols is 1. The Morgan fingerprint density at radius 3 is 2.75 bits per heavy atom. The lowest BCUT2D eigenvalue weighted by Gasteiger charge is -2.26. The van der Waals surface area contributed by atoms with Crippen LogP contribution in [0.3, 0.4) is 0 Å². The van der Waals surface area contributed by atoms with E-state index in [0.717, 1.165) is 22.2 Å². The number of carboxylic acid groups (broad SMARTS) is 2. The van der Waals surface area contributed by atoms with Crippen molar-refractivity contribution >= 4 is 41.1 Å². The number of rotatable bonds is 7. The zero-order chi connectivity index (χ0) is 17.9. The van der Waals surface area contributed by atoms with Gasteiger partial charge < -0.3 is 32.1 Å². The molecule has 2 atom stereocenters. The molecule has 24 heavy (non-hydrogen) atoms. The molecular formula is C14H19N3O5S2. The second-order valence-electron chi connectivity index (χ2n) is 5.23. The minimum absolute atomic E-state index is 0.0781. The second kappa shape index (κ2) is 7.97. The van der Waals surface area contributed by atoms with E-state index in [4.69, 9.17) is 21.7 Å². The van der Waals surface area contributed by atoms with Crippen molar-refractivity contribution in [3.8, 4) is 5.75 Å². The normalized spacial score (nSPS) is 17.7. The van der Waals surface area contributed by atoms with Crippen LogP contribution < -0.4 is 16.8 Å². The molecule has 132 valence electrons. The molecule has 8 N–H and O–H groups in total. The van der Waals surface area contributed by atoms with Crippen molar-refractivity contribution in [3.05, 3.63) is 11.6 Å². The van der Waals surface area contributed by atoms with Crippen LogP contribution in [0.5, 0.6) is 5.75 Å². The van der Waals surface area contributed by atoms with E-state index in [-0.39, 0.29) is 11.5 Å². The predicted molar refractivity (Wildman–Crippen MR) is 93.0 cm³/mol. The van der Waals surface area contributed by atoms with E-state index >= 15 is 0 Å². The Morgan fingerprint density at radius 2 is 2.17 bits per heavy atom. The largest absolute Gasteiger partial charge is 0.505 e. The van der Waals surface area contributed by atoms with E-state index in [1.165, 1.54) is 11.8 Å². The third-order valence-electron chi connectivity index (χ3n) is 3.46. The summed E-state index contributed by atoms with van der Waals surface area (Å²) in [5.74, 6) is -1.78. The summed E-state index contributed by atoms with van der Waals surface area (Å²) >= 11 is 2.47. The maximum Gasteiger partial charge on any atom is 0.327 e. The van der Waals surface area contributed by atoms with E-state index in [9.17, 15) is 14.7 Å². The first-order valence-corrected chi connectivity index (χ1v) is 9.14. The Morgan fingerprint density at radius 1 is 1.46 bits per heavy atom. The number of fused-ring (bicyclic) bond motifs is 1. The number of nitrogens with one attached hydrogen (secondary N) is 1. The second-order valence-corrected chi connectivity index (χ2v) is 7.32. The molecule has 1 aromatic rings. The molecule has 0 radical (unpaired) electrons. The molecule has 0 amide bonds. The standard InChI is InChI=1S/C14H19N3O5S2/c15-2-1-6-3-9-10(17-8(5-23-9)14(21)22)11(18)12(6)24-4-7(16)13(19)20/h3,7-8,17-18H,1-2,4-5,15-16H2,(H,19,20)(H,21,22)/t7-,8?/m0/s1. The summed E-state index contributed by atoms with van der Waals surface area (Å²) in [6.07, 6.45) is 0.508. The van der Waals surface area contributed by atoms with E-state index < -0.39 is 24.0 Å². The average Bonchev–Trinajstić information content (AvgIpc) is 2.54. The quantitative estimate of drug-likeness (QED) is 0.291. The zero-order valence-electron chi connectivity index (χ0n) is 12.7. The number of carbonyl (C=O) groups is 2. The molecule has 1 aromatic carbocycles.